The summed E-state index contributed by atoms with van der Waals surface area (Å²) in [6.45, 7) is 0.267. The van der Waals surface area contributed by atoms with Crippen molar-refractivity contribution in [1.82, 2.24) is 10.6 Å². The second-order valence-corrected chi connectivity index (χ2v) is 2.82. The number of hydrogen-bond donors (Lipinski definition) is 3. The normalized spacial score (nSPS) is 9.80. The van der Waals surface area contributed by atoms with Gasteiger partial charge in [-0.05, 0) is 19.2 Å². The van der Waals surface area contributed by atoms with Gasteiger partial charge in [0.05, 0.1) is 6.67 Å². The van der Waals surface area contributed by atoms with Gasteiger partial charge in [-0.3, -0.25) is 0 Å². The minimum Gasteiger partial charge on any atom is -0.325 e. The molecule has 0 atom stereocenters. The summed E-state index contributed by atoms with van der Waals surface area (Å²) >= 11 is 0. The SMILES string of the molecule is CNCNC(=O)Nc1cc(F)cc(F)c1. The van der Waals surface area contributed by atoms with Gasteiger partial charge in [-0.25, -0.2) is 13.6 Å². The molecule has 82 valence electrons. The summed E-state index contributed by atoms with van der Waals surface area (Å²) < 4.78 is 25.4. The second-order valence-electron chi connectivity index (χ2n) is 2.82. The quantitative estimate of drug-likeness (QED) is 0.665. The lowest BCUT2D eigenvalue weighted by molar-refractivity contribution is 0.251. The summed E-state index contributed by atoms with van der Waals surface area (Å²) in [5.41, 5.74) is 0.0705. The third kappa shape index (κ3) is 3.90. The molecule has 0 aliphatic heterocycles. The first-order valence-corrected chi connectivity index (χ1v) is 4.27. The van der Waals surface area contributed by atoms with E-state index in [-0.39, 0.29) is 12.4 Å². The molecule has 0 saturated carbocycles. The van der Waals surface area contributed by atoms with Crippen molar-refractivity contribution in [3.8, 4) is 0 Å². The van der Waals surface area contributed by atoms with E-state index in [2.05, 4.69) is 16.0 Å². The van der Waals surface area contributed by atoms with Gasteiger partial charge in [0.25, 0.3) is 0 Å². The number of rotatable bonds is 3. The van der Waals surface area contributed by atoms with Gasteiger partial charge >= 0.3 is 6.03 Å². The third-order valence-corrected chi connectivity index (χ3v) is 1.55. The average molecular weight is 215 g/mol. The Morgan fingerprint density at radius 1 is 1.27 bits per heavy atom. The number of amides is 2. The van der Waals surface area contributed by atoms with Crippen molar-refractivity contribution >= 4 is 11.7 Å². The van der Waals surface area contributed by atoms with E-state index >= 15 is 0 Å². The Bertz CT molecular complexity index is 337. The molecule has 1 aromatic carbocycles. The van der Waals surface area contributed by atoms with Crippen LogP contribution in [0.2, 0.25) is 0 Å². The number of nitrogens with one attached hydrogen (secondary N) is 3. The molecule has 0 aromatic heterocycles. The van der Waals surface area contributed by atoms with E-state index in [0.29, 0.717) is 0 Å². The summed E-state index contributed by atoms with van der Waals surface area (Å²) in [4.78, 5) is 11.1. The lowest BCUT2D eigenvalue weighted by Crippen LogP contribution is -2.35. The Labute approximate surface area is 85.7 Å². The minimum atomic E-state index is -0.737. The van der Waals surface area contributed by atoms with Crippen molar-refractivity contribution in [3.63, 3.8) is 0 Å². The second kappa shape index (κ2) is 5.26. The number of hydrogen-bond acceptors (Lipinski definition) is 2. The molecule has 0 radical (unpaired) electrons. The number of urea groups is 1. The van der Waals surface area contributed by atoms with Crippen LogP contribution >= 0.6 is 0 Å². The van der Waals surface area contributed by atoms with Crippen LogP contribution in [-0.4, -0.2) is 19.7 Å². The summed E-state index contributed by atoms with van der Waals surface area (Å²) in [5.74, 6) is -1.47. The number of halogens is 2. The van der Waals surface area contributed by atoms with Crippen LogP contribution in [0.25, 0.3) is 0 Å². The summed E-state index contributed by atoms with van der Waals surface area (Å²) in [5, 5.41) is 7.39. The Balaban J connectivity index is 2.60. The zero-order valence-electron chi connectivity index (χ0n) is 8.10. The van der Waals surface area contributed by atoms with Crippen LogP contribution in [0.15, 0.2) is 18.2 Å². The highest BCUT2D eigenvalue weighted by Crippen LogP contribution is 2.12. The molecule has 3 N–H and O–H groups in total. The fourth-order valence-electron chi connectivity index (χ4n) is 0.970. The Morgan fingerprint density at radius 3 is 2.40 bits per heavy atom. The first-order chi connectivity index (χ1) is 7.11. The maximum absolute atomic E-state index is 12.7. The highest BCUT2D eigenvalue weighted by molar-refractivity contribution is 5.89. The molecular weight excluding hydrogens is 204 g/mol. The number of benzene rings is 1. The molecule has 0 bridgehead atoms. The lowest BCUT2D eigenvalue weighted by atomic mass is 10.3. The standard InChI is InChI=1S/C9H11F2N3O/c1-12-5-13-9(15)14-8-3-6(10)2-7(11)4-8/h2-4,12H,5H2,1H3,(H2,13,14,15). The van der Waals surface area contributed by atoms with E-state index < -0.39 is 17.7 Å². The van der Waals surface area contributed by atoms with Crippen LogP contribution in [-0.2, 0) is 0 Å². The van der Waals surface area contributed by atoms with Crippen molar-refractivity contribution < 1.29 is 13.6 Å². The Hall–Kier alpha value is -1.69. The molecule has 0 saturated heterocycles. The zero-order chi connectivity index (χ0) is 11.3. The van der Waals surface area contributed by atoms with Crippen molar-refractivity contribution in [2.45, 2.75) is 0 Å². The van der Waals surface area contributed by atoms with Crippen molar-refractivity contribution in [1.29, 1.82) is 0 Å². The van der Waals surface area contributed by atoms with Crippen LogP contribution in [0, 0.1) is 11.6 Å². The first kappa shape index (κ1) is 11.4. The molecule has 6 heteroatoms. The predicted octanol–water partition coefficient (Wildman–Crippen LogP) is 1.26. The molecule has 4 nitrogen and oxygen atoms in total. The van der Waals surface area contributed by atoms with E-state index in [4.69, 9.17) is 0 Å². The van der Waals surface area contributed by atoms with E-state index in [0.717, 1.165) is 18.2 Å². The van der Waals surface area contributed by atoms with Crippen molar-refractivity contribution in [2.75, 3.05) is 19.0 Å². The molecule has 0 aliphatic carbocycles. The van der Waals surface area contributed by atoms with Gasteiger partial charge in [0.15, 0.2) is 0 Å². The topological polar surface area (TPSA) is 53.2 Å². The third-order valence-electron chi connectivity index (χ3n) is 1.55. The highest BCUT2D eigenvalue weighted by Gasteiger charge is 2.03. The molecular formula is C9H11F2N3O. The van der Waals surface area contributed by atoms with E-state index in [1.54, 1.807) is 7.05 Å². The van der Waals surface area contributed by atoms with E-state index in [1.807, 2.05) is 0 Å². The predicted molar refractivity (Wildman–Crippen MR) is 52.4 cm³/mol. The lowest BCUT2D eigenvalue weighted by Gasteiger charge is -2.06. The largest absolute Gasteiger partial charge is 0.325 e. The van der Waals surface area contributed by atoms with Gasteiger partial charge in [-0.2, -0.15) is 0 Å². The summed E-state index contributed by atoms with van der Waals surface area (Å²) in [7, 11) is 1.65. The molecule has 0 spiro atoms. The number of anilines is 1. The van der Waals surface area contributed by atoms with Gasteiger partial charge in [-0.1, -0.05) is 0 Å². The van der Waals surface area contributed by atoms with Crippen LogP contribution < -0.4 is 16.0 Å². The monoisotopic (exact) mass is 215 g/mol. The minimum absolute atomic E-state index is 0.0705. The molecule has 0 aliphatic rings. The number of carbonyl (C=O) groups excluding carboxylic acids is 1. The van der Waals surface area contributed by atoms with Gasteiger partial charge in [-0.15, -0.1) is 0 Å². The zero-order valence-corrected chi connectivity index (χ0v) is 8.10. The molecule has 0 fully saturated rings. The fourth-order valence-corrected chi connectivity index (χ4v) is 0.970. The van der Waals surface area contributed by atoms with Crippen LogP contribution in [0.5, 0.6) is 0 Å². The van der Waals surface area contributed by atoms with E-state index in [1.165, 1.54) is 0 Å². The van der Waals surface area contributed by atoms with Crippen molar-refractivity contribution in [3.05, 3.63) is 29.8 Å². The van der Waals surface area contributed by atoms with Gasteiger partial charge in [0.2, 0.25) is 0 Å². The van der Waals surface area contributed by atoms with Gasteiger partial charge < -0.3 is 16.0 Å². The highest BCUT2D eigenvalue weighted by atomic mass is 19.1. The van der Waals surface area contributed by atoms with Crippen LogP contribution in [0.3, 0.4) is 0 Å². The first-order valence-electron chi connectivity index (χ1n) is 4.27. The maximum Gasteiger partial charge on any atom is 0.320 e. The summed E-state index contributed by atoms with van der Waals surface area (Å²) in [6.07, 6.45) is 0. The summed E-state index contributed by atoms with van der Waals surface area (Å²) in [6, 6.07) is 2.26. The van der Waals surface area contributed by atoms with Gasteiger partial charge in [0, 0.05) is 11.8 Å². The molecule has 0 heterocycles. The van der Waals surface area contributed by atoms with Gasteiger partial charge in [0.1, 0.15) is 11.6 Å². The van der Waals surface area contributed by atoms with Crippen LogP contribution in [0.1, 0.15) is 0 Å². The maximum atomic E-state index is 12.7. The molecule has 0 unspecified atom stereocenters. The van der Waals surface area contributed by atoms with Crippen LogP contribution in [0.4, 0.5) is 19.3 Å². The average Bonchev–Trinajstić information content (AvgIpc) is 2.13. The number of carbonyl (C=O) groups is 1. The molecule has 15 heavy (non-hydrogen) atoms. The van der Waals surface area contributed by atoms with E-state index in [9.17, 15) is 13.6 Å². The Morgan fingerprint density at radius 2 is 1.87 bits per heavy atom. The van der Waals surface area contributed by atoms with Crippen molar-refractivity contribution in [2.24, 2.45) is 0 Å². The molecule has 1 rings (SSSR count). The fraction of sp³-hybridized carbons (Fsp3) is 0.222. The Kier molecular flexibility index (Phi) is 3.99. The molecule has 2 amide bonds. The molecule has 1 aromatic rings. The smallest absolute Gasteiger partial charge is 0.320 e.